The van der Waals surface area contributed by atoms with E-state index in [1.807, 2.05) is 0 Å². The van der Waals surface area contributed by atoms with Gasteiger partial charge in [0.1, 0.15) is 0 Å². The number of H-pyrrole nitrogens is 1. The standard InChI is InChI=1S/C8H5NO4/c10-3-4-2-9-5-1-6(8(11)12)13-7(4)5/h1-3,9H,(H,11,12). The second-order valence-corrected chi connectivity index (χ2v) is 2.52. The summed E-state index contributed by atoms with van der Waals surface area (Å²) >= 11 is 0. The number of carboxylic acid groups (broad SMARTS) is 1. The van der Waals surface area contributed by atoms with Crippen LogP contribution in [0.2, 0.25) is 0 Å². The fourth-order valence-electron chi connectivity index (χ4n) is 1.13. The number of aromatic amines is 1. The van der Waals surface area contributed by atoms with Gasteiger partial charge in [0.25, 0.3) is 0 Å². The monoisotopic (exact) mass is 179 g/mol. The molecule has 2 N–H and O–H groups in total. The number of aromatic nitrogens is 1. The van der Waals surface area contributed by atoms with Crippen LogP contribution in [0, 0.1) is 0 Å². The van der Waals surface area contributed by atoms with Gasteiger partial charge in [-0.2, -0.15) is 0 Å². The van der Waals surface area contributed by atoms with E-state index in [1.54, 1.807) is 0 Å². The minimum absolute atomic E-state index is 0.176. The van der Waals surface area contributed by atoms with E-state index in [9.17, 15) is 9.59 Å². The second-order valence-electron chi connectivity index (χ2n) is 2.52. The third kappa shape index (κ3) is 1.01. The number of furan rings is 1. The highest BCUT2D eigenvalue weighted by atomic mass is 16.4. The summed E-state index contributed by atoms with van der Waals surface area (Å²) in [5.41, 5.74) is 1.12. The van der Waals surface area contributed by atoms with Gasteiger partial charge in [-0.1, -0.05) is 0 Å². The van der Waals surface area contributed by atoms with E-state index in [4.69, 9.17) is 9.52 Å². The van der Waals surface area contributed by atoms with Crippen LogP contribution in [-0.2, 0) is 0 Å². The van der Waals surface area contributed by atoms with Crippen LogP contribution < -0.4 is 0 Å². The fraction of sp³-hybridized carbons (Fsp3) is 0. The summed E-state index contributed by atoms with van der Waals surface area (Å²) in [4.78, 5) is 23.6. The lowest BCUT2D eigenvalue weighted by Crippen LogP contribution is -1.91. The van der Waals surface area contributed by atoms with E-state index in [-0.39, 0.29) is 11.3 Å². The molecule has 0 bridgehead atoms. The molecule has 0 atom stereocenters. The average Bonchev–Trinajstić information content (AvgIpc) is 2.60. The lowest BCUT2D eigenvalue weighted by Gasteiger charge is -1.83. The normalized spacial score (nSPS) is 10.5. The number of carbonyl (C=O) groups excluding carboxylic acids is 1. The van der Waals surface area contributed by atoms with Crippen molar-refractivity contribution in [1.82, 2.24) is 4.98 Å². The maximum absolute atomic E-state index is 10.5. The highest BCUT2D eigenvalue weighted by Crippen LogP contribution is 2.20. The Morgan fingerprint density at radius 1 is 1.62 bits per heavy atom. The Morgan fingerprint density at radius 3 is 3.00 bits per heavy atom. The van der Waals surface area contributed by atoms with Crippen molar-refractivity contribution in [2.45, 2.75) is 0 Å². The molecular formula is C8H5NO4. The molecule has 0 aliphatic heterocycles. The third-order valence-electron chi connectivity index (χ3n) is 1.72. The molecule has 0 radical (unpaired) electrons. The molecule has 0 saturated heterocycles. The molecule has 2 aromatic heterocycles. The van der Waals surface area contributed by atoms with Crippen LogP contribution in [0.4, 0.5) is 0 Å². The Kier molecular flexibility index (Phi) is 1.45. The zero-order chi connectivity index (χ0) is 9.42. The molecule has 0 unspecified atom stereocenters. The van der Waals surface area contributed by atoms with E-state index < -0.39 is 5.97 Å². The third-order valence-corrected chi connectivity index (χ3v) is 1.72. The first-order valence-electron chi connectivity index (χ1n) is 3.52. The molecule has 5 nitrogen and oxygen atoms in total. The van der Waals surface area contributed by atoms with Crippen LogP contribution in [-0.4, -0.2) is 22.3 Å². The summed E-state index contributed by atoms with van der Waals surface area (Å²) < 4.78 is 4.93. The van der Waals surface area contributed by atoms with E-state index in [2.05, 4.69) is 4.98 Å². The molecule has 0 amide bonds. The van der Waals surface area contributed by atoms with E-state index in [0.29, 0.717) is 17.4 Å². The quantitative estimate of drug-likeness (QED) is 0.680. The van der Waals surface area contributed by atoms with Crippen molar-refractivity contribution in [2.24, 2.45) is 0 Å². The maximum atomic E-state index is 10.5. The van der Waals surface area contributed by atoms with Crippen LogP contribution in [0.25, 0.3) is 11.1 Å². The predicted octanol–water partition coefficient (Wildman–Crippen LogP) is 1.27. The van der Waals surface area contributed by atoms with Gasteiger partial charge in [0.15, 0.2) is 11.9 Å². The molecule has 0 fully saturated rings. The van der Waals surface area contributed by atoms with Crippen LogP contribution in [0.15, 0.2) is 16.7 Å². The highest BCUT2D eigenvalue weighted by Gasteiger charge is 2.13. The Labute approximate surface area is 72.0 Å². The van der Waals surface area contributed by atoms with Crippen molar-refractivity contribution in [3.63, 3.8) is 0 Å². The van der Waals surface area contributed by atoms with Crippen LogP contribution in [0.1, 0.15) is 20.9 Å². The Morgan fingerprint density at radius 2 is 2.38 bits per heavy atom. The molecular weight excluding hydrogens is 174 g/mol. The van der Waals surface area contributed by atoms with Gasteiger partial charge in [0.05, 0.1) is 11.1 Å². The maximum Gasteiger partial charge on any atom is 0.371 e. The van der Waals surface area contributed by atoms with Crippen molar-refractivity contribution >= 4 is 23.4 Å². The summed E-state index contributed by atoms with van der Waals surface area (Å²) in [6, 6.07) is 1.34. The summed E-state index contributed by atoms with van der Waals surface area (Å²) in [6.45, 7) is 0. The molecule has 2 aromatic rings. The topological polar surface area (TPSA) is 83.3 Å². The van der Waals surface area contributed by atoms with Gasteiger partial charge in [-0.25, -0.2) is 4.79 Å². The van der Waals surface area contributed by atoms with Crippen LogP contribution >= 0.6 is 0 Å². The van der Waals surface area contributed by atoms with Crippen molar-refractivity contribution in [3.05, 3.63) is 23.6 Å². The zero-order valence-corrected chi connectivity index (χ0v) is 6.40. The minimum atomic E-state index is -1.15. The van der Waals surface area contributed by atoms with Crippen molar-refractivity contribution in [2.75, 3.05) is 0 Å². The summed E-state index contributed by atoms with van der Waals surface area (Å²) in [7, 11) is 0. The van der Waals surface area contributed by atoms with E-state index >= 15 is 0 Å². The largest absolute Gasteiger partial charge is 0.475 e. The highest BCUT2D eigenvalue weighted by molar-refractivity contribution is 5.97. The summed E-state index contributed by atoms with van der Waals surface area (Å²) in [5.74, 6) is -1.33. The molecule has 66 valence electrons. The average molecular weight is 179 g/mol. The number of aldehydes is 1. The van der Waals surface area contributed by atoms with Gasteiger partial charge in [0.2, 0.25) is 5.76 Å². The SMILES string of the molecule is O=Cc1c[nH]c2cc(C(=O)O)oc12. The molecule has 0 aliphatic carbocycles. The van der Waals surface area contributed by atoms with Gasteiger partial charge >= 0.3 is 5.97 Å². The summed E-state index contributed by atoms with van der Waals surface area (Å²) in [5, 5.41) is 8.57. The number of fused-ring (bicyclic) bond motifs is 1. The number of aromatic carboxylic acids is 1. The van der Waals surface area contributed by atoms with Crippen molar-refractivity contribution < 1.29 is 19.1 Å². The van der Waals surface area contributed by atoms with Gasteiger partial charge in [-0.05, 0) is 0 Å². The fourth-order valence-corrected chi connectivity index (χ4v) is 1.13. The van der Waals surface area contributed by atoms with Gasteiger partial charge in [-0.15, -0.1) is 0 Å². The van der Waals surface area contributed by atoms with Crippen LogP contribution in [0.3, 0.4) is 0 Å². The Hall–Kier alpha value is -2.04. The number of nitrogens with one attached hydrogen (secondary N) is 1. The molecule has 0 spiro atoms. The molecule has 0 aromatic carbocycles. The van der Waals surface area contributed by atoms with Crippen molar-refractivity contribution in [3.8, 4) is 0 Å². The predicted molar refractivity (Wildman–Crippen MR) is 42.9 cm³/mol. The van der Waals surface area contributed by atoms with Gasteiger partial charge in [0, 0.05) is 12.3 Å². The second kappa shape index (κ2) is 2.48. The number of rotatable bonds is 2. The molecule has 0 aliphatic rings. The smallest absolute Gasteiger partial charge is 0.371 e. The molecule has 5 heteroatoms. The summed E-state index contributed by atoms with van der Waals surface area (Å²) in [6.07, 6.45) is 2.07. The molecule has 0 saturated carbocycles. The van der Waals surface area contributed by atoms with E-state index in [1.165, 1.54) is 12.3 Å². The Balaban J connectivity index is 2.69. The zero-order valence-electron chi connectivity index (χ0n) is 6.40. The van der Waals surface area contributed by atoms with Crippen molar-refractivity contribution in [1.29, 1.82) is 0 Å². The lowest BCUT2D eigenvalue weighted by molar-refractivity contribution is 0.0664. The van der Waals surface area contributed by atoms with Crippen LogP contribution in [0.5, 0.6) is 0 Å². The molecule has 2 heterocycles. The minimum Gasteiger partial charge on any atom is -0.475 e. The lowest BCUT2D eigenvalue weighted by atomic mass is 10.3. The molecule has 13 heavy (non-hydrogen) atoms. The number of hydrogen-bond acceptors (Lipinski definition) is 3. The number of carboxylic acids is 1. The first-order chi connectivity index (χ1) is 6.22. The Bertz CT molecular complexity index is 479. The first-order valence-corrected chi connectivity index (χ1v) is 3.52. The van der Waals surface area contributed by atoms with Gasteiger partial charge in [-0.3, -0.25) is 4.79 Å². The molecule has 2 rings (SSSR count). The van der Waals surface area contributed by atoms with Gasteiger partial charge < -0.3 is 14.5 Å². The first kappa shape index (κ1) is 7.60. The number of carbonyl (C=O) groups is 2. The van der Waals surface area contributed by atoms with E-state index in [0.717, 1.165) is 0 Å². The number of hydrogen-bond donors (Lipinski definition) is 2.